The molecule has 8 heteroatoms. The van der Waals surface area contributed by atoms with Gasteiger partial charge >= 0.3 is 0 Å². The molecule has 1 saturated heterocycles. The molecule has 1 N–H and O–H groups in total. The van der Waals surface area contributed by atoms with Gasteiger partial charge in [0.2, 0.25) is 0 Å². The summed E-state index contributed by atoms with van der Waals surface area (Å²) >= 11 is 0. The van der Waals surface area contributed by atoms with E-state index in [-0.39, 0.29) is 17.1 Å². The van der Waals surface area contributed by atoms with Crippen LogP contribution in [0, 0.1) is 12.7 Å². The van der Waals surface area contributed by atoms with Crippen molar-refractivity contribution in [3.8, 4) is 17.2 Å². The molecule has 0 saturated carbocycles. The molecule has 2 heterocycles. The topological polar surface area (TPSA) is 67.2 Å². The van der Waals surface area contributed by atoms with Crippen molar-refractivity contribution in [2.45, 2.75) is 26.4 Å². The number of ether oxygens (including phenoxy) is 2. The number of para-hydroxylation sites is 1. The minimum atomic E-state index is -0.511. The van der Waals surface area contributed by atoms with E-state index in [0.717, 1.165) is 5.56 Å². The number of aromatic nitrogens is 1. The van der Waals surface area contributed by atoms with Crippen LogP contribution < -0.4 is 19.9 Å². The van der Waals surface area contributed by atoms with E-state index in [1.807, 2.05) is 36.9 Å². The highest BCUT2D eigenvalue weighted by Gasteiger charge is 2.32. The fourth-order valence-corrected chi connectivity index (χ4v) is 4.93. The number of aromatic hydroxyl groups is 1. The van der Waals surface area contributed by atoms with Crippen LogP contribution in [0.4, 0.5) is 10.1 Å². The number of aryl methyl sites for hydroxylation is 1. The average molecular weight is 482 g/mol. The molecule has 0 aliphatic carbocycles. The first-order valence-electron chi connectivity index (χ1n) is 11.8. The number of methoxy groups -OCH3 is 2. The number of piperazine rings is 1. The maximum Gasteiger partial charge on any atom is 0.259 e. The Balaban J connectivity index is 1.77. The third-order valence-electron chi connectivity index (χ3n) is 6.71. The summed E-state index contributed by atoms with van der Waals surface area (Å²) in [5.74, 6) is 0.841. The van der Waals surface area contributed by atoms with Crippen LogP contribution in [0.5, 0.6) is 17.2 Å². The van der Waals surface area contributed by atoms with Crippen LogP contribution in [0.15, 0.2) is 53.3 Å². The van der Waals surface area contributed by atoms with E-state index in [4.69, 9.17) is 9.47 Å². The van der Waals surface area contributed by atoms with Crippen LogP contribution in [0.2, 0.25) is 0 Å². The predicted octanol–water partition coefficient (Wildman–Crippen LogP) is 3.95. The Kier molecular flexibility index (Phi) is 7.31. The minimum Gasteiger partial charge on any atom is -0.507 e. The van der Waals surface area contributed by atoms with E-state index in [0.29, 0.717) is 61.2 Å². The number of rotatable bonds is 7. The summed E-state index contributed by atoms with van der Waals surface area (Å²) in [6.07, 6.45) is 0. The van der Waals surface area contributed by atoms with E-state index >= 15 is 0 Å². The van der Waals surface area contributed by atoms with Gasteiger partial charge in [0, 0.05) is 38.4 Å². The Morgan fingerprint density at radius 3 is 2.31 bits per heavy atom. The monoisotopic (exact) mass is 481 g/mol. The molecule has 1 aliphatic heterocycles. The van der Waals surface area contributed by atoms with Crippen molar-refractivity contribution in [2.24, 2.45) is 0 Å². The fraction of sp³-hybridized carbons (Fsp3) is 0.370. The van der Waals surface area contributed by atoms with Gasteiger partial charge in [0.15, 0.2) is 11.5 Å². The first-order valence-corrected chi connectivity index (χ1v) is 11.8. The number of anilines is 1. The summed E-state index contributed by atoms with van der Waals surface area (Å²) in [5, 5.41) is 11.0. The van der Waals surface area contributed by atoms with Crippen molar-refractivity contribution in [2.75, 3.05) is 45.3 Å². The molecule has 1 aromatic heterocycles. The maximum atomic E-state index is 14.4. The van der Waals surface area contributed by atoms with Gasteiger partial charge in [0.25, 0.3) is 5.56 Å². The highest BCUT2D eigenvalue weighted by molar-refractivity contribution is 5.50. The van der Waals surface area contributed by atoms with Gasteiger partial charge in [-0.3, -0.25) is 9.69 Å². The first kappa shape index (κ1) is 24.6. The van der Waals surface area contributed by atoms with E-state index in [9.17, 15) is 14.3 Å². The number of benzene rings is 2. The number of pyridine rings is 1. The molecule has 4 rings (SSSR count). The maximum absolute atomic E-state index is 14.4. The number of hydrogen-bond acceptors (Lipinski definition) is 6. The predicted molar refractivity (Wildman–Crippen MR) is 134 cm³/mol. The molecule has 0 amide bonds. The van der Waals surface area contributed by atoms with Crippen molar-refractivity contribution >= 4 is 5.69 Å². The Hall–Kier alpha value is -3.52. The molecular weight excluding hydrogens is 449 g/mol. The first-order chi connectivity index (χ1) is 16.9. The van der Waals surface area contributed by atoms with Gasteiger partial charge < -0.3 is 24.0 Å². The Morgan fingerprint density at radius 1 is 1.00 bits per heavy atom. The molecule has 1 fully saturated rings. The third-order valence-corrected chi connectivity index (χ3v) is 6.71. The van der Waals surface area contributed by atoms with Crippen molar-refractivity contribution in [1.82, 2.24) is 9.47 Å². The molecule has 186 valence electrons. The summed E-state index contributed by atoms with van der Waals surface area (Å²) in [7, 11) is 3.14. The Bertz CT molecular complexity index is 1250. The molecule has 1 aliphatic rings. The van der Waals surface area contributed by atoms with Crippen molar-refractivity contribution in [3.05, 3.63) is 81.5 Å². The smallest absolute Gasteiger partial charge is 0.259 e. The highest BCUT2D eigenvalue weighted by atomic mass is 19.1. The standard InChI is InChI=1S/C27H32FN3O4/c1-5-31-18(2)16-22(32)25(27(31)33)26(19-10-11-23(34-3)24(17-19)35-4)30-14-12-29(13-15-30)21-9-7-6-8-20(21)28/h6-11,16-17,26,32H,5,12-15H2,1-4H3. The van der Waals surface area contributed by atoms with Crippen LogP contribution in [-0.4, -0.2) is 55.0 Å². The zero-order valence-corrected chi connectivity index (χ0v) is 20.6. The van der Waals surface area contributed by atoms with Crippen LogP contribution in [0.3, 0.4) is 0 Å². The highest BCUT2D eigenvalue weighted by Crippen LogP contribution is 2.38. The second kappa shape index (κ2) is 10.4. The molecule has 1 unspecified atom stereocenters. The molecule has 2 aromatic carbocycles. The molecular formula is C27H32FN3O4. The van der Waals surface area contributed by atoms with Gasteiger partial charge in [-0.2, -0.15) is 0 Å². The van der Waals surface area contributed by atoms with Crippen molar-refractivity contribution in [3.63, 3.8) is 0 Å². The van der Waals surface area contributed by atoms with Gasteiger partial charge in [0.05, 0.1) is 31.5 Å². The second-order valence-corrected chi connectivity index (χ2v) is 8.63. The van der Waals surface area contributed by atoms with E-state index < -0.39 is 6.04 Å². The minimum absolute atomic E-state index is 0.0338. The third kappa shape index (κ3) is 4.71. The van der Waals surface area contributed by atoms with Gasteiger partial charge in [-0.25, -0.2) is 4.39 Å². The lowest BCUT2D eigenvalue weighted by molar-refractivity contribution is 0.206. The van der Waals surface area contributed by atoms with E-state index in [2.05, 4.69) is 4.90 Å². The summed E-state index contributed by atoms with van der Waals surface area (Å²) < 4.78 is 27.0. The molecule has 1 atom stereocenters. The van der Waals surface area contributed by atoms with Crippen molar-refractivity contribution < 1.29 is 19.0 Å². The lowest BCUT2D eigenvalue weighted by atomic mass is 9.95. The van der Waals surface area contributed by atoms with E-state index in [1.54, 1.807) is 43.1 Å². The van der Waals surface area contributed by atoms with E-state index in [1.165, 1.54) is 6.07 Å². The zero-order valence-electron chi connectivity index (χ0n) is 20.6. The van der Waals surface area contributed by atoms with Gasteiger partial charge in [-0.05, 0) is 49.7 Å². The molecule has 0 bridgehead atoms. The van der Waals surface area contributed by atoms with Crippen LogP contribution >= 0.6 is 0 Å². The summed E-state index contributed by atoms with van der Waals surface area (Å²) in [5.41, 5.74) is 2.18. The summed E-state index contributed by atoms with van der Waals surface area (Å²) in [4.78, 5) is 17.7. The molecule has 0 radical (unpaired) electrons. The van der Waals surface area contributed by atoms with Gasteiger partial charge in [-0.15, -0.1) is 0 Å². The van der Waals surface area contributed by atoms with Crippen LogP contribution in [-0.2, 0) is 6.54 Å². The fourth-order valence-electron chi connectivity index (χ4n) is 4.93. The van der Waals surface area contributed by atoms with Crippen LogP contribution in [0.25, 0.3) is 0 Å². The lowest BCUT2D eigenvalue weighted by Crippen LogP contribution is -2.49. The van der Waals surface area contributed by atoms with Gasteiger partial charge in [0.1, 0.15) is 11.6 Å². The van der Waals surface area contributed by atoms with Crippen LogP contribution in [0.1, 0.15) is 29.8 Å². The lowest BCUT2D eigenvalue weighted by Gasteiger charge is -2.40. The number of halogens is 1. The van der Waals surface area contributed by atoms with Crippen molar-refractivity contribution in [1.29, 1.82) is 0 Å². The van der Waals surface area contributed by atoms with Gasteiger partial charge in [-0.1, -0.05) is 18.2 Å². The summed E-state index contributed by atoms with van der Waals surface area (Å²) in [6, 6.07) is 13.4. The molecule has 7 nitrogen and oxygen atoms in total. The average Bonchev–Trinajstić information content (AvgIpc) is 2.87. The number of nitrogens with zero attached hydrogens (tertiary/aromatic N) is 3. The summed E-state index contributed by atoms with van der Waals surface area (Å²) in [6.45, 7) is 6.54. The quantitative estimate of drug-likeness (QED) is 0.551. The largest absolute Gasteiger partial charge is 0.507 e. The zero-order chi connectivity index (χ0) is 25.1. The normalized spacial score (nSPS) is 15.2. The Labute approximate surface area is 204 Å². The SMILES string of the molecule is CCn1c(C)cc(O)c(C(c2ccc(OC)c(OC)c2)N2CCN(c3ccccc3F)CC2)c1=O. The molecule has 3 aromatic rings. The Morgan fingerprint density at radius 2 is 1.69 bits per heavy atom. The molecule has 0 spiro atoms. The second-order valence-electron chi connectivity index (χ2n) is 8.63. The molecule has 35 heavy (non-hydrogen) atoms. The number of hydrogen-bond donors (Lipinski definition) is 1.